The van der Waals surface area contributed by atoms with Gasteiger partial charge in [-0.25, -0.2) is 8.42 Å². The summed E-state index contributed by atoms with van der Waals surface area (Å²) in [5.74, 6) is 0.794. The average molecular weight is 404 g/mol. The molecule has 0 aliphatic heterocycles. The number of hydrogen-bond donors (Lipinski definition) is 0. The lowest BCUT2D eigenvalue weighted by molar-refractivity contribution is -0.272. The number of rotatable bonds is 3. The quantitative estimate of drug-likeness (QED) is 0.509. The third-order valence-corrected chi connectivity index (χ3v) is 9.87. The lowest BCUT2D eigenvalue weighted by Gasteiger charge is -2.43. The summed E-state index contributed by atoms with van der Waals surface area (Å²) in [7, 11) is -5.43. The summed E-state index contributed by atoms with van der Waals surface area (Å²) in [6.07, 6.45) is -8.91. The summed E-state index contributed by atoms with van der Waals surface area (Å²) in [4.78, 5) is 0. The topological polar surface area (TPSA) is 34.1 Å². The van der Waals surface area contributed by atoms with Gasteiger partial charge < -0.3 is 0 Å². The van der Waals surface area contributed by atoms with Gasteiger partial charge in [0.25, 0.3) is 4.75 Å². The van der Waals surface area contributed by atoms with E-state index in [0.29, 0.717) is 30.6 Å². The van der Waals surface area contributed by atoms with E-state index in [4.69, 9.17) is 0 Å². The van der Waals surface area contributed by atoms with Gasteiger partial charge in [0.15, 0.2) is 9.84 Å². The summed E-state index contributed by atoms with van der Waals surface area (Å²) in [5, 5.41) is 0. The minimum absolute atomic E-state index is 0.0710. The first-order valence-corrected chi connectivity index (χ1v) is 11.0. The molecule has 0 aromatic carbocycles. The van der Waals surface area contributed by atoms with Gasteiger partial charge in [0.2, 0.25) is 0 Å². The van der Waals surface area contributed by atoms with Crippen LogP contribution in [-0.2, 0) is 9.84 Å². The summed E-state index contributed by atoms with van der Waals surface area (Å²) in [5.41, 5.74) is 0. The predicted octanol–water partition coefficient (Wildman–Crippen LogP) is 4.60. The van der Waals surface area contributed by atoms with Crippen LogP contribution in [-0.4, -0.2) is 31.8 Å². The first-order valence-electron chi connectivity index (χ1n) is 9.11. The normalized spacial score (nSPS) is 42.5. The van der Waals surface area contributed by atoms with E-state index < -0.39 is 39.3 Å². The van der Waals surface area contributed by atoms with E-state index in [1.807, 2.05) is 0 Å². The zero-order valence-electron chi connectivity index (χ0n) is 14.3. The van der Waals surface area contributed by atoms with E-state index in [-0.39, 0.29) is 24.0 Å². The molecule has 4 aliphatic carbocycles. The Morgan fingerprint density at radius 1 is 0.808 bits per heavy atom. The fraction of sp³-hybridized carbons (Fsp3) is 1.00. The highest BCUT2D eigenvalue weighted by Gasteiger charge is 2.78. The number of alkyl halides is 6. The molecule has 4 rings (SSSR count). The van der Waals surface area contributed by atoms with Crippen molar-refractivity contribution in [2.24, 2.45) is 41.4 Å². The zero-order valence-corrected chi connectivity index (χ0v) is 15.1. The molecule has 26 heavy (non-hydrogen) atoms. The third-order valence-electron chi connectivity index (χ3n) is 7.97. The smallest absolute Gasteiger partial charge is 0.228 e. The standard InChI is InChI=1S/C17H22F6O2S/c1-26(24,25)15(16(18,19)20,17(21,22)23)7-11-5-10-6-12(11)14-9-3-2-8(4-9)13(10)14/h8-14H,2-7H2,1H3. The molecule has 4 bridgehead atoms. The number of halogens is 6. The molecule has 0 heterocycles. The van der Waals surface area contributed by atoms with Crippen LogP contribution in [0.5, 0.6) is 0 Å². The van der Waals surface area contributed by atoms with Gasteiger partial charge in [-0.15, -0.1) is 0 Å². The first-order chi connectivity index (χ1) is 11.8. The zero-order chi connectivity index (χ0) is 19.3. The molecule has 9 heteroatoms. The Morgan fingerprint density at radius 3 is 1.85 bits per heavy atom. The van der Waals surface area contributed by atoms with Gasteiger partial charge in [-0.3, -0.25) is 0 Å². The highest BCUT2D eigenvalue weighted by molar-refractivity contribution is 7.92. The monoisotopic (exact) mass is 404 g/mol. The molecule has 7 atom stereocenters. The Labute approximate surface area is 148 Å². The Hall–Kier alpha value is -0.470. The van der Waals surface area contributed by atoms with Gasteiger partial charge in [0, 0.05) is 6.26 Å². The summed E-state index contributed by atoms with van der Waals surface area (Å²) in [6.45, 7) is 0. The SMILES string of the molecule is CS(=O)(=O)C(CC1CC2CC1C1C3CCC(C3)C21)(C(F)(F)F)C(F)(F)F. The van der Waals surface area contributed by atoms with E-state index in [0.717, 1.165) is 19.3 Å². The Morgan fingerprint density at radius 2 is 1.35 bits per heavy atom. The van der Waals surface area contributed by atoms with E-state index in [2.05, 4.69) is 0 Å². The van der Waals surface area contributed by atoms with Crippen molar-refractivity contribution in [2.45, 2.75) is 55.6 Å². The van der Waals surface area contributed by atoms with Crippen molar-refractivity contribution in [3.05, 3.63) is 0 Å². The van der Waals surface area contributed by atoms with Crippen LogP contribution in [0.25, 0.3) is 0 Å². The first kappa shape index (κ1) is 18.9. The third kappa shape index (κ3) is 2.27. The molecule has 7 unspecified atom stereocenters. The van der Waals surface area contributed by atoms with E-state index in [1.165, 1.54) is 0 Å². The van der Waals surface area contributed by atoms with Crippen molar-refractivity contribution in [3.63, 3.8) is 0 Å². The molecule has 2 nitrogen and oxygen atoms in total. The molecule has 0 spiro atoms. The number of sulfone groups is 1. The fourth-order valence-corrected chi connectivity index (χ4v) is 8.63. The molecular weight excluding hydrogens is 382 g/mol. The van der Waals surface area contributed by atoms with Gasteiger partial charge in [-0.05, 0) is 80.0 Å². The van der Waals surface area contributed by atoms with E-state index in [1.54, 1.807) is 0 Å². The largest absolute Gasteiger partial charge is 0.417 e. The van der Waals surface area contributed by atoms with Crippen LogP contribution in [0.15, 0.2) is 0 Å². The molecule has 150 valence electrons. The second-order valence-electron chi connectivity index (χ2n) is 8.94. The van der Waals surface area contributed by atoms with Crippen molar-refractivity contribution < 1.29 is 34.8 Å². The van der Waals surface area contributed by atoms with Gasteiger partial charge in [-0.1, -0.05) is 0 Å². The number of hydrogen-bond acceptors (Lipinski definition) is 2. The van der Waals surface area contributed by atoms with Gasteiger partial charge in [-0.2, -0.15) is 26.3 Å². The highest BCUT2D eigenvalue weighted by Crippen LogP contribution is 2.70. The molecule has 0 N–H and O–H groups in total. The fourth-order valence-electron chi connectivity index (χ4n) is 7.27. The van der Waals surface area contributed by atoms with Gasteiger partial charge in [0.05, 0.1) is 0 Å². The molecule has 0 aromatic heterocycles. The van der Waals surface area contributed by atoms with Crippen molar-refractivity contribution in [3.8, 4) is 0 Å². The Balaban J connectivity index is 1.68. The van der Waals surface area contributed by atoms with Crippen LogP contribution in [0, 0.1) is 41.4 Å². The highest BCUT2D eigenvalue weighted by atomic mass is 32.2. The lowest BCUT2D eigenvalue weighted by Crippen LogP contribution is -2.63. The van der Waals surface area contributed by atoms with Crippen LogP contribution in [0.3, 0.4) is 0 Å². The molecule has 0 radical (unpaired) electrons. The van der Waals surface area contributed by atoms with Crippen LogP contribution in [0.2, 0.25) is 0 Å². The minimum Gasteiger partial charge on any atom is -0.228 e. The molecular formula is C17H22F6O2S. The summed E-state index contributed by atoms with van der Waals surface area (Å²) < 4.78 is 101. The minimum atomic E-state index is -5.88. The van der Waals surface area contributed by atoms with Crippen molar-refractivity contribution in [1.29, 1.82) is 0 Å². The van der Waals surface area contributed by atoms with Gasteiger partial charge in [0.1, 0.15) is 0 Å². The predicted molar refractivity (Wildman–Crippen MR) is 81.8 cm³/mol. The Kier molecular flexibility index (Phi) is 3.86. The van der Waals surface area contributed by atoms with Crippen LogP contribution >= 0.6 is 0 Å². The summed E-state index contributed by atoms with van der Waals surface area (Å²) >= 11 is 0. The van der Waals surface area contributed by atoms with Gasteiger partial charge >= 0.3 is 12.4 Å². The van der Waals surface area contributed by atoms with Crippen LogP contribution < -0.4 is 0 Å². The molecule has 4 aliphatic rings. The molecule has 4 saturated carbocycles. The number of fused-ring (bicyclic) bond motifs is 9. The van der Waals surface area contributed by atoms with Crippen LogP contribution in [0.1, 0.15) is 38.5 Å². The maximum Gasteiger partial charge on any atom is 0.417 e. The van der Waals surface area contributed by atoms with Crippen molar-refractivity contribution >= 4 is 9.84 Å². The average Bonchev–Trinajstić information content (AvgIpc) is 3.18. The van der Waals surface area contributed by atoms with Crippen molar-refractivity contribution in [1.82, 2.24) is 0 Å². The molecule has 4 fully saturated rings. The van der Waals surface area contributed by atoms with E-state index >= 15 is 0 Å². The second-order valence-corrected chi connectivity index (χ2v) is 11.2. The maximum atomic E-state index is 13.6. The lowest BCUT2D eigenvalue weighted by atomic mass is 9.66. The molecule has 0 amide bonds. The van der Waals surface area contributed by atoms with E-state index in [9.17, 15) is 34.8 Å². The summed E-state index contributed by atoms with van der Waals surface area (Å²) in [6, 6.07) is 0. The van der Waals surface area contributed by atoms with Crippen molar-refractivity contribution in [2.75, 3.05) is 6.26 Å². The maximum absolute atomic E-state index is 13.6. The van der Waals surface area contributed by atoms with Crippen LogP contribution in [0.4, 0.5) is 26.3 Å². The molecule has 0 saturated heterocycles. The Bertz CT molecular complexity index is 683. The molecule has 0 aromatic rings. The second kappa shape index (κ2) is 5.32.